The van der Waals surface area contributed by atoms with E-state index in [-0.39, 0.29) is 17.9 Å². The number of carbonyl (C=O) groups is 2. The van der Waals surface area contributed by atoms with Crippen molar-refractivity contribution in [3.63, 3.8) is 0 Å². The van der Waals surface area contributed by atoms with Gasteiger partial charge in [-0.1, -0.05) is 12.1 Å². The number of carboxylic acid groups (broad SMARTS) is 1. The number of amides is 1. The topological polar surface area (TPSA) is 158 Å². The molecule has 0 bridgehead atoms. The molecule has 1 amide bonds. The number of aliphatic carboxylic acids is 1. The highest BCUT2D eigenvalue weighted by Gasteiger charge is 2.28. The van der Waals surface area contributed by atoms with Crippen molar-refractivity contribution in [3.05, 3.63) is 60.6 Å². The van der Waals surface area contributed by atoms with Crippen LogP contribution in [0.2, 0.25) is 0 Å². The molecule has 2 N–H and O–H groups in total. The number of carboxylic acids is 1. The number of nitrogens with zero attached hydrogens (tertiary/aromatic N) is 6. The van der Waals surface area contributed by atoms with Crippen molar-refractivity contribution in [3.8, 4) is 5.75 Å². The first-order valence-corrected chi connectivity index (χ1v) is 15.5. The van der Waals surface area contributed by atoms with Gasteiger partial charge in [0.2, 0.25) is 16.0 Å². The van der Waals surface area contributed by atoms with Gasteiger partial charge in [-0.2, -0.15) is 4.98 Å². The van der Waals surface area contributed by atoms with E-state index in [2.05, 4.69) is 20.3 Å². The first-order chi connectivity index (χ1) is 20.1. The first-order valence-electron chi connectivity index (χ1n) is 13.7. The predicted molar refractivity (Wildman–Crippen MR) is 159 cm³/mol. The Bertz CT molecular complexity index is 1480. The van der Waals surface area contributed by atoms with Crippen molar-refractivity contribution in [1.82, 2.24) is 19.9 Å². The first kappa shape index (κ1) is 30.5. The summed E-state index contributed by atoms with van der Waals surface area (Å²) in [6, 6.07) is 8.47. The van der Waals surface area contributed by atoms with Crippen LogP contribution in [0, 0.1) is 0 Å². The minimum Gasteiger partial charge on any atom is -0.480 e. The molecule has 42 heavy (non-hydrogen) atoms. The molecular formula is C28H35N7O6S. The molecule has 1 aliphatic rings. The number of sulfonamides is 1. The highest BCUT2D eigenvalue weighted by Crippen LogP contribution is 2.34. The van der Waals surface area contributed by atoms with Gasteiger partial charge in [-0.25, -0.2) is 27.3 Å². The number of ether oxygens (including phenoxy) is 1. The lowest BCUT2D eigenvalue weighted by molar-refractivity contribution is -0.137. The summed E-state index contributed by atoms with van der Waals surface area (Å²) >= 11 is 0. The summed E-state index contributed by atoms with van der Waals surface area (Å²) in [6.07, 6.45) is 6.85. The van der Waals surface area contributed by atoms with Gasteiger partial charge in [-0.05, 0) is 56.5 Å². The van der Waals surface area contributed by atoms with Crippen LogP contribution in [-0.4, -0.2) is 83.9 Å². The van der Waals surface area contributed by atoms with Gasteiger partial charge < -0.3 is 25.0 Å². The fraction of sp³-hybridized carbons (Fsp3) is 0.393. The van der Waals surface area contributed by atoms with Crippen LogP contribution in [0.15, 0.2) is 55.0 Å². The third-order valence-electron chi connectivity index (χ3n) is 6.79. The van der Waals surface area contributed by atoms with Gasteiger partial charge in [0, 0.05) is 45.0 Å². The summed E-state index contributed by atoms with van der Waals surface area (Å²) < 4.78 is 32.4. The second-order valence-corrected chi connectivity index (χ2v) is 11.6. The van der Waals surface area contributed by atoms with Gasteiger partial charge in [0.25, 0.3) is 0 Å². The predicted octanol–water partition coefficient (Wildman–Crippen LogP) is 3.52. The Morgan fingerprint density at radius 2 is 1.71 bits per heavy atom. The van der Waals surface area contributed by atoms with E-state index in [1.54, 1.807) is 29.2 Å². The number of aromatic nitrogens is 3. The largest absolute Gasteiger partial charge is 0.480 e. The molecule has 4 rings (SSSR count). The molecular weight excluding hydrogens is 562 g/mol. The summed E-state index contributed by atoms with van der Waals surface area (Å²) in [4.78, 5) is 41.2. The zero-order valence-electron chi connectivity index (χ0n) is 23.8. The Kier molecular flexibility index (Phi) is 9.78. The average molecular weight is 598 g/mol. The lowest BCUT2D eigenvalue weighted by Crippen LogP contribution is -2.34. The highest BCUT2D eigenvalue weighted by atomic mass is 32.2. The smallest absolute Gasteiger partial charge is 0.415 e. The van der Waals surface area contributed by atoms with Gasteiger partial charge in [0.1, 0.15) is 17.5 Å². The Morgan fingerprint density at radius 1 is 1.07 bits per heavy atom. The van der Waals surface area contributed by atoms with Crippen LogP contribution in [-0.2, 0) is 21.2 Å². The van der Waals surface area contributed by atoms with E-state index in [9.17, 15) is 23.1 Å². The maximum Gasteiger partial charge on any atom is 0.415 e. The number of carbonyl (C=O) groups excluding carboxylic acids is 1. The number of rotatable bonds is 12. The normalized spacial score (nSPS) is 13.8. The highest BCUT2D eigenvalue weighted by molar-refractivity contribution is 7.92. The summed E-state index contributed by atoms with van der Waals surface area (Å²) in [5.41, 5.74) is 1.01. The van der Waals surface area contributed by atoms with Crippen LogP contribution in [0.1, 0.15) is 32.3 Å². The van der Waals surface area contributed by atoms with Crippen LogP contribution in [0.25, 0.3) is 0 Å². The second kappa shape index (κ2) is 13.5. The number of hydrogen-bond acceptors (Lipinski definition) is 10. The molecule has 2 aromatic heterocycles. The molecule has 3 heterocycles. The third kappa shape index (κ3) is 7.43. The number of hydrogen-bond donors (Lipinski definition) is 2. The standard InChI is InChI=1S/C28H35N7O6S/c1-4-33(5-2)27-30-19-24(35(42(3,39)40)21-12-14-29-15-13-21)25(32-27)31-23(26(36)37)18-20-8-10-22(11-9-20)41-28(38)34-16-6-7-17-34/h8-15,19,23H,4-7,16-18H2,1-3H3,(H,36,37)(H,30,31,32)/t23-/m0/s1. The van der Waals surface area contributed by atoms with Crippen molar-refractivity contribution in [2.45, 2.75) is 39.2 Å². The van der Waals surface area contributed by atoms with E-state index >= 15 is 0 Å². The molecule has 13 nitrogen and oxygen atoms in total. The van der Waals surface area contributed by atoms with Gasteiger partial charge >= 0.3 is 12.1 Å². The molecule has 1 aromatic carbocycles. The maximum atomic E-state index is 13.0. The summed E-state index contributed by atoms with van der Waals surface area (Å²) in [6.45, 7) is 6.38. The van der Waals surface area contributed by atoms with Crippen molar-refractivity contribution in [2.24, 2.45) is 0 Å². The van der Waals surface area contributed by atoms with Crippen molar-refractivity contribution < 1.29 is 27.9 Å². The van der Waals surface area contributed by atoms with E-state index in [0.717, 1.165) is 23.4 Å². The zero-order chi connectivity index (χ0) is 30.3. The van der Waals surface area contributed by atoms with Crippen molar-refractivity contribution in [1.29, 1.82) is 0 Å². The molecule has 0 radical (unpaired) electrons. The van der Waals surface area contributed by atoms with Crippen LogP contribution in [0.3, 0.4) is 0 Å². The molecule has 1 fully saturated rings. The zero-order valence-corrected chi connectivity index (χ0v) is 24.6. The second-order valence-electron chi connectivity index (χ2n) is 9.75. The minimum atomic E-state index is -3.89. The number of anilines is 4. The lowest BCUT2D eigenvalue weighted by atomic mass is 10.1. The SMILES string of the molecule is CCN(CC)c1ncc(N(c2ccncc2)S(C)(=O)=O)c(N[C@@H](Cc2ccc(OC(=O)N3CCCC3)cc2)C(=O)O)n1. The van der Waals surface area contributed by atoms with Gasteiger partial charge in [-0.3, -0.25) is 4.98 Å². The third-order valence-corrected chi connectivity index (χ3v) is 7.86. The Hall–Kier alpha value is -4.46. The quantitative estimate of drug-likeness (QED) is 0.315. The van der Waals surface area contributed by atoms with Gasteiger partial charge in [0.05, 0.1) is 18.1 Å². The monoisotopic (exact) mass is 597 g/mol. The average Bonchev–Trinajstić information content (AvgIpc) is 3.51. The summed E-state index contributed by atoms with van der Waals surface area (Å²) in [5.74, 6) is -0.442. The van der Waals surface area contributed by atoms with Gasteiger partial charge in [-0.15, -0.1) is 0 Å². The van der Waals surface area contributed by atoms with E-state index in [0.29, 0.717) is 49.1 Å². The molecule has 0 spiro atoms. The Labute approximate surface area is 245 Å². The molecule has 1 aliphatic heterocycles. The van der Waals surface area contributed by atoms with Gasteiger partial charge in [0.15, 0.2) is 5.82 Å². The summed E-state index contributed by atoms with van der Waals surface area (Å²) in [5, 5.41) is 13.1. The fourth-order valence-electron chi connectivity index (χ4n) is 4.63. The van der Waals surface area contributed by atoms with E-state index in [1.807, 2.05) is 18.7 Å². The molecule has 0 aliphatic carbocycles. The molecule has 0 saturated carbocycles. The van der Waals surface area contributed by atoms with Crippen LogP contribution < -0.4 is 19.3 Å². The number of benzene rings is 1. The van der Waals surface area contributed by atoms with Crippen LogP contribution in [0.5, 0.6) is 5.75 Å². The maximum absolute atomic E-state index is 13.0. The molecule has 224 valence electrons. The Morgan fingerprint density at radius 3 is 2.29 bits per heavy atom. The number of likely N-dealkylation sites (tertiary alicyclic amines) is 1. The minimum absolute atomic E-state index is 0.0356. The Balaban J connectivity index is 1.64. The van der Waals surface area contributed by atoms with E-state index in [1.165, 1.54) is 30.7 Å². The van der Waals surface area contributed by atoms with Crippen molar-refractivity contribution >= 4 is 45.2 Å². The number of nitrogens with one attached hydrogen (secondary N) is 1. The molecule has 1 atom stereocenters. The molecule has 1 saturated heterocycles. The van der Waals surface area contributed by atoms with Crippen molar-refractivity contribution in [2.75, 3.05) is 47.0 Å². The molecule has 14 heteroatoms. The fourth-order valence-corrected chi connectivity index (χ4v) is 5.62. The van der Waals surface area contributed by atoms with E-state index in [4.69, 9.17) is 4.74 Å². The summed E-state index contributed by atoms with van der Waals surface area (Å²) in [7, 11) is -3.89. The molecule has 3 aromatic rings. The molecule has 0 unspecified atom stereocenters. The van der Waals surface area contributed by atoms with E-state index < -0.39 is 28.1 Å². The number of pyridine rings is 1. The van der Waals surface area contributed by atoms with Crippen LogP contribution in [0.4, 0.5) is 27.9 Å². The van der Waals surface area contributed by atoms with Crippen LogP contribution >= 0.6 is 0 Å². The lowest BCUT2D eigenvalue weighted by Gasteiger charge is -2.27.